The van der Waals surface area contributed by atoms with E-state index in [0.717, 1.165) is 13.0 Å². The van der Waals surface area contributed by atoms with Gasteiger partial charge in [0.25, 0.3) is 0 Å². The minimum atomic E-state index is -4.77. The first-order valence-electron chi connectivity index (χ1n) is 8.57. The summed E-state index contributed by atoms with van der Waals surface area (Å²) >= 11 is 0. The number of hydrogen-bond acceptors (Lipinski definition) is 3. The quantitative estimate of drug-likeness (QED) is 0.554. The summed E-state index contributed by atoms with van der Waals surface area (Å²) in [6.07, 6.45) is -4.77. The van der Waals surface area contributed by atoms with Crippen LogP contribution in [-0.4, -0.2) is 18.5 Å². The van der Waals surface area contributed by atoms with Crippen LogP contribution >= 0.6 is 0 Å². The third-order valence-electron chi connectivity index (χ3n) is 3.85. The van der Waals surface area contributed by atoms with Crippen molar-refractivity contribution in [1.82, 2.24) is 5.32 Å². The number of nitrogens with one attached hydrogen (secondary N) is 3. The fourth-order valence-electron chi connectivity index (χ4n) is 2.55. The highest BCUT2D eigenvalue weighted by molar-refractivity contribution is 5.92. The Hall–Kier alpha value is -3.37. The maximum Gasteiger partial charge on any atom is 0.418 e. The molecule has 0 spiro atoms. The zero-order chi connectivity index (χ0) is 22.5. The van der Waals surface area contributed by atoms with Gasteiger partial charge < -0.3 is 20.7 Å². The Morgan fingerprint density at radius 2 is 1.63 bits per heavy atom. The Labute approximate surface area is 168 Å². The first-order valence-corrected chi connectivity index (χ1v) is 8.57. The molecule has 2 aromatic rings. The van der Waals surface area contributed by atoms with Gasteiger partial charge in [-0.25, -0.2) is 4.79 Å². The Bertz CT molecular complexity index is 901. The van der Waals surface area contributed by atoms with Crippen molar-refractivity contribution in [1.29, 1.82) is 0 Å². The van der Waals surface area contributed by atoms with Crippen LogP contribution in [0.2, 0.25) is 0 Å². The lowest BCUT2D eigenvalue weighted by atomic mass is 10.1. The number of halogens is 5. The number of rotatable bonds is 6. The van der Waals surface area contributed by atoms with Gasteiger partial charge in [-0.15, -0.1) is 0 Å². The molecule has 6 nitrogen and oxygen atoms in total. The van der Waals surface area contributed by atoms with Gasteiger partial charge in [-0.1, -0.05) is 12.1 Å². The van der Waals surface area contributed by atoms with Crippen molar-refractivity contribution in [2.45, 2.75) is 32.7 Å². The van der Waals surface area contributed by atoms with Crippen LogP contribution in [0.15, 0.2) is 42.5 Å². The number of hydrogen-bond donors (Lipinski definition) is 3. The molecule has 0 saturated heterocycles. The largest absolute Gasteiger partial charge is 0.435 e. The second-order valence-corrected chi connectivity index (χ2v) is 6.21. The highest BCUT2D eigenvalue weighted by Gasteiger charge is 2.34. The minimum Gasteiger partial charge on any atom is -0.435 e. The van der Waals surface area contributed by atoms with Crippen LogP contribution < -0.4 is 20.7 Å². The zero-order valence-electron chi connectivity index (χ0n) is 15.8. The number of amides is 3. The van der Waals surface area contributed by atoms with Crippen molar-refractivity contribution in [3.8, 4) is 5.75 Å². The smallest absolute Gasteiger partial charge is 0.418 e. The number of carbonyl (C=O) groups is 2. The molecular formula is C19H18F5N3O3. The topological polar surface area (TPSA) is 79.5 Å². The van der Waals surface area contributed by atoms with Crippen molar-refractivity contribution in [3.05, 3.63) is 53.6 Å². The van der Waals surface area contributed by atoms with Gasteiger partial charge in [0, 0.05) is 12.6 Å². The predicted octanol–water partition coefficient (Wildman–Crippen LogP) is 5.15. The summed E-state index contributed by atoms with van der Waals surface area (Å²) in [7, 11) is 0. The lowest BCUT2D eigenvalue weighted by molar-refractivity contribution is -0.137. The molecule has 0 aliphatic heterocycles. The van der Waals surface area contributed by atoms with Gasteiger partial charge in [0.2, 0.25) is 5.91 Å². The SMILES string of the molecule is CC(=O)Nc1ccc(NC(=O)NC(C)c2ccc(OC(F)F)cc2)c(C(F)(F)F)c1. The fraction of sp³-hybridized carbons (Fsp3) is 0.263. The molecular weight excluding hydrogens is 413 g/mol. The number of anilines is 2. The molecule has 0 bridgehead atoms. The molecule has 30 heavy (non-hydrogen) atoms. The Kier molecular flexibility index (Phi) is 7.19. The van der Waals surface area contributed by atoms with Crippen LogP contribution in [-0.2, 0) is 11.0 Å². The van der Waals surface area contributed by atoms with Gasteiger partial charge in [0.05, 0.1) is 17.3 Å². The number of carbonyl (C=O) groups excluding carboxylic acids is 2. The van der Waals surface area contributed by atoms with E-state index >= 15 is 0 Å². The molecule has 11 heteroatoms. The first-order chi connectivity index (χ1) is 14.0. The summed E-state index contributed by atoms with van der Waals surface area (Å²) in [5.41, 5.74) is -1.18. The molecule has 0 aromatic heterocycles. The fourth-order valence-corrected chi connectivity index (χ4v) is 2.55. The third-order valence-corrected chi connectivity index (χ3v) is 3.85. The summed E-state index contributed by atoms with van der Waals surface area (Å²) in [4.78, 5) is 23.2. The Morgan fingerprint density at radius 1 is 1.00 bits per heavy atom. The number of benzene rings is 2. The summed E-state index contributed by atoms with van der Waals surface area (Å²) in [5, 5.41) is 6.83. The standard InChI is InChI=1S/C19H18F5N3O3/c1-10(12-3-6-14(7-4-12)30-17(20)21)25-18(29)27-16-8-5-13(26-11(2)28)9-15(16)19(22,23)24/h3-10,17H,1-2H3,(H,26,28)(H2,25,27,29). The van der Waals surface area contributed by atoms with E-state index in [1.165, 1.54) is 30.3 Å². The maximum atomic E-state index is 13.3. The monoisotopic (exact) mass is 431 g/mol. The van der Waals surface area contributed by atoms with Gasteiger partial charge in [0.15, 0.2) is 0 Å². The second kappa shape index (κ2) is 9.42. The molecule has 3 N–H and O–H groups in total. The molecule has 3 amide bonds. The molecule has 1 atom stereocenters. The normalized spacial score (nSPS) is 12.3. The molecule has 0 fully saturated rings. The molecule has 162 valence electrons. The average molecular weight is 431 g/mol. The van der Waals surface area contributed by atoms with Gasteiger partial charge in [-0.3, -0.25) is 4.79 Å². The van der Waals surface area contributed by atoms with Gasteiger partial charge in [-0.05, 0) is 42.8 Å². The zero-order valence-corrected chi connectivity index (χ0v) is 15.8. The van der Waals surface area contributed by atoms with Crippen LogP contribution in [0.1, 0.15) is 31.0 Å². The van der Waals surface area contributed by atoms with Gasteiger partial charge in [0.1, 0.15) is 5.75 Å². The minimum absolute atomic E-state index is 0.0692. The predicted molar refractivity (Wildman–Crippen MR) is 99.4 cm³/mol. The van der Waals surface area contributed by atoms with E-state index in [1.807, 2.05) is 0 Å². The van der Waals surface area contributed by atoms with E-state index < -0.39 is 42.0 Å². The van der Waals surface area contributed by atoms with E-state index in [4.69, 9.17) is 0 Å². The lowest BCUT2D eigenvalue weighted by Gasteiger charge is -2.18. The van der Waals surface area contributed by atoms with E-state index in [-0.39, 0.29) is 11.4 Å². The van der Waals surface area contributed by atoms with Crippen molar-refractivity contribution in [3.63, 3.8) is 0 Å². The second-order valence-electron chi connectivity index (χ2n) is 6.21. The van der Waals surface area contributed by atoms with Crippen molar-refractivity contribution in [2.24, 2.45) is 0 Å². The van der Waals surface area contributed by atoms with Crippen molar-refractivity contribution < 1.29 is 36.3 Å². The molecule has 2 aromatic carbocycles. The van der Waals surface area contributed by atoms with Crippen molar-refractivity contribution >= 4 is 23.3 Å². The van der Waals surface area contributed by atoms with E-state index in [9.17, 15) is 31.5 Å². The molecule has 0 radical (unpaired) electrons. The van der Waals surface area contributed by atoms with Crippen LogP contribution in [0, 0.1) is 0 Å². The van der Waals surface area contributed by atoms with E-state index in [2.05, 4.69) is 20.7 Å². The summed E-state index contributed by atoms with van der Waals surface area (Å²) < 4.78 is 68.5. The maximum absolute atomic E-state index is 13.3. The Morgan fingerprint density at radius 3 is 2.17 bits per heavy atom. The molecule has 2 rings (SSSR count). The number of ether oxygens (including phenoxy) is 1. The highest BCUT2D eigenvalue weighted by atomic mass is 19.4. The molecule has 0 saturated carbocycles. The van der Waals surface area contributed by atoms with Gasteiger partial charge >= 0.3 is 18.8 Å². The Balaban J connectivity index is 2.10. The van der Waals surface area contributed by atoms with Crippen LogP contribution in [0.25, 0.3) is 0 Å². The lowest BCUT2D eigenvalue weighted by Crippen LogP contribution is -2.32. The van der Waals surface area contributed by atoms with Crippen LogP contribution in [0.5, 0.6) is 5.75 Å². The number of urea groups is 1. The van der Waals surface area contributed by atoms with Crippen LogP contribution in [0.3, 0.4) is 0 Å². The molecule has 0 heterocycles. The van der Waals surface area contributed by atoms with Crippen LogP contribution in [0.4, 0.5) is 38.1 Å². The van der Waals surface area contributed by atoms with E-state index in [0.29, 0.717) is 11.6 Å². The molecule has 0 aliphatic rings. The number of alkyl halides is 5. The molecule has 0 aliphatic carbocycles. The van der Waals surface area contributed by atoms with Crippen molar-refractivity contribution in [2.75, 3.05) is 10.6 Å². The summed E-state index contributed by atoms with van der Waals surface area (Å²) in [6, 6.07) is 6.83. The third kappa shape index (κ3) is 6.61. The van der Waals surface area contributed by atoms with Gasteiger partial charge in [-0.2, -0.15) is 22.0 Å². The molecule has 1 unspecified atom stereocenters. The average Bonchev–Trinajstić information content (AvgIpc) is 2.61. The van der Waals surface area contributed by atoms with E-state index in [1.54, 1.807) is 6.92 Å². The summed E-state index contributed by atoms with van der Waals surface area (Å²) in [5.74, 6) is -0.611. The summed E-state index contributed by atoms with van der Waals surface area (Å²) in [6.45, 7) is -0.259. The highest BCUT2D eigenvalue weighted by Crippen LogP contribution is 2.36. The first kappa shape index (κ1) is 22.9.